The number of phenolic OH excluding ortho intramolecular Hbond substituents is 1. The molecule has 0 aromatic heterocycles. The molecule has 2 N–H and O–H groups in total. The number of phenols is 1. The van der Waals surface area contributed by atoms with Gasteiger partial charge in [0.1, 0.15) is 5.75 Å². The van der Waals surface area contributed by atoms with Gasteiger partial charge in [0, 0.05) is 0 Å². The van der Waals surface area contributed by atoms with Crippen molar-refractivity contribution in [2.75, 3.05) is 0 Å². The van der Waals surface area contributed by atoms with Crippen LogP contribution >= 0.6 is 23.2 Å². The minimum atomic E-state index is -0.0813. The van der Waals surface area contributed by atoms with Crippen molar-refractivity contribution in [3.8, 4) is 5.75 Å². The van der Waals surface area contributed by atoms with Gasteiger partial charge in [-0.3, -0.25) is 0 Å². The molecular weight excluding hydrogens is 201 g/mol. The molecule has 0 saturated carbocycles. The highest BCUT2D eigenvalue weighted by Gasteiger charge is 2.07. The maximum Gasteiger partial charge on any atom is 0.126 e. The molecule has 0 amide bonds. The number of nitrogens with zero attached hydrogens (tertiary/aromatic N) is 1. The van der Waals surface area contributed by atoms with Crippen LogP contribution in [0.5, 0.6) is 5.75 Å². The molecule has 1 rings (SSSR count). The van der Waals surface area contributed by atoms with Gasteiger partial charge in [-0.15, -0.1) is 0 Å². The van der Waals surface area contributed by atoms with E-state index in [1.807, 2.05) is 0 Å². The standard InChI is InChI=1S/C7H5Cl2NO2/c8-5-1-2-6(11)4(3-10-12)7(5)9/h1-3,11-12H/b10-3+. The van der Waals surface area contributed by atoms with Crippen molar-refractivity contribution in [2.45, 2.75) is 0 Å². The summed E-state index contributed by atoms with van der Waals surface area (Å²) in [6.45, 7) is 0. The first-order valence-electron chi connectivity index (χ1n) is 3.01. The van der Waals surface area contributed by atoms with Crippen LogP contribution in [0.4, 0.5) is 0 Å². The van der Waals surface area contributed by atoms with Crippen LogP contribution in [0.3, 0.4) is 0 Å². The Bertz CT molecular complexity index is 325. The molecule has 1 aromatic rings. The van der Waals surface area contributed by atoms with E-state index in [9.17, 15) is 5.11 Å². The molecule has 0 heterocycles. The quantitative estimate of drug-likeness (QED) is 0.421. The van der Waals surface area contributed by atoms with Crippen molar-refractivity contribution in [2.24, 2.45) is 5.16 Å². The summed E-state index contributed by atoms with van der Waals surface area (Å²) in [5.74, 6) is -0.0813. The van der Waals surface area contributed by atoms with Crippen molar-refractivity contribution in [3.63, 3.8) is 0 Å². The second kappa shape index (κ2) is 3.65. The van der Waals surface area contributed by atoms with Gasteiger partial charge in [-0.05, 0) is 12.1 Å². The van der Waals surface area contributed by atoms with Gasteiger partial charge in [-0.2, -0.15) is 0 Å². The largest absolute Gasteiger partial charge is 0.507 e. The molecule has 0 radical (unpaired) electrons. The summed E-state index contributed by atoms with van der Waals surface area (Å²) in [5.41, 5.74) is 0.201. The lowest BCUT2D eigenvalue weighted by molar-refractivity contribution is 0.321. The molecule has 0 aliphatic rings. The van der Waals surface area contributed by atoms with Crippen LogP contribution in [0.25, 0.3) is 0 Å². The van der Waals surface area contributed by atoms with E-state index >= 15 is 0 Å². The lowest BCUT2D eigenvalue weighted by Gasteiger charge is -2.01. The number of benzene rings is 1. The molecule has 0 unspecified atom stereocenters. The number of halogens is 2. The Labute approximate surface area is 78.8 Å². The van der Waals surface area contributed by atoms with E-state index < -0.39 is 0 Å². The normalized spacial score (nSPS) is 10.8. The summed E-state index contributed by atoms with van der Waals surface area (Å²) < 4.78 is 0. The first-order chi connectivity index (χ1) is 5.66. The molecule has 64 valence electrons. The summed E-state index contributed by atoms with van der Waals surface area (Å²) in [7, 11) is 0. The van der Waals surface area contributed by atoms with Gasteiger partial charge in [0.2, 0.25) is 0 Å². The van der Waals surface area contributed by atoms with E-state index in [4.69, 9.17) is 28.4 Å². The van der Waals surface area contributed by atoms with Crippen molar-refractivity contribution in [1.29, 1.82) is 0 Å². The van der Waals surface area contributed by atoms with Crippen LogP contribution in [0.2, 0.25) is 10.0 Å². The zero-order chi connectivity index (χ0) is 9.14. The number of oxime groups is 1. The summed E-state index contributed by atoms with van der Waals surface area (Å²) in [5, 5.41) is 20.6. The predicted octanol–water partition coefficient (Wildman–Crippen LogP) is 2.51. The van der Waals surface area contributed by atoms with Gasteiger partial charge in [-0.1, -0.05) is 28.4 Å². The van der Waals surface area contributed by atoms with E-state index in [1.165, 1.54) is 12.1 Å². The van der Waals surface area contributed by atoms with E-state index in [0.717, 1.165) is 6.21 Å². The third kappa shape index (κ3) is 1.62. The second-order valence-corrected chi connectivity index (χ2v) is 2.82. The monoisotopic (exact) mass is 205 g/mol. The Morgan fingerprint density at radius 2 is 2.00 bits per heavy atom. The number of hydrogen-bond acceptors (Lipinski definition) is 3. The van der Waals surface area contributed by atoms with Gasteiger partial charge in [-0.25, -0.2) is 0 Å². The van der Waals surface area contributed by atoms with E-state index in [0.29, 0.717) is 5.02 Å². The molecule has 0 saturated heterocycles. The van der Waals surface area contributed by atoms with Crippen LogP contribution in [-0.4, -0.2) is 16.5 Å². The van der Waals surface area contributed by atoms with Crippen molar-refractivity contribution in [3.05, 3.63) is 27.7 Å². The molecule has 12 heavy (non-hydrogen) atoms. The highest BCUT2D eigenvalue weighted by molar-refractivity contribution is 6.43. The number of rotatable bonds is 1. The van der Waals surface area contributed by atoms with E-state index in [2.05, 4.69) is 5.16 Å². The molecule has 5 heteroatoms. The summed E-state index contributed by atoms with van der Waals surface area (Å²) in [4.78, 5) is 0. The summed E-state index contributed by atoms with van der Waals surface area (Å²) >= 11 is 11.3. The van der Waals surface area contributed by atoms with Gasteiger partial charge in [0.15, 0.2) is 0 Å². The molecule has 0 fully saturated rings. The second-order valence-electron chi connectivity index (χ2n) is 2.04. The summed E-state index contributed by atoms with van der Waals surface area (Å²) in [6, 6.07) is 2.82. The highest BCUT2D eigenvalue weighted by atomic mass is 35.5. The molecule has 3 nitrogen and oxygen atoms in total. The van der Waals surface area contributed by atoms with E-state index in [-0.39, 0.29) is 16.3 Å². The smallest absolute Gasteiger partial charge is 0.126 e. The zero-order valence-electron chi connectivity index (χ0n) is 5.83. The van der Waals surface area contributed by atoms with Gasteiger partial charge in [0.25, 0.3) is 0 Å². The first-order valence-corrected chi connectivity index (χ1v) is 3.77. The van der Waals surface area contributed by atoms with Crippen molar-refractivity contribution >= 4 is 29.4 Å². The molecule has 0 bridgehead atoms. The Morgan fingerprint density at radius 3 is 2.58 bits per heavy atom. The first kappa shape index (κ1) is 9.16. The molecular formula is C7H5Cl2NO2. The van der Waals surface area contributed by atoms with Gasteiger partial charge >= 0.3 is 0 Å². The average Bonchev–Trinajstić information content (AvgIpc) is 2.06. The molecule has 0 aliphatic carbocycles. The maximum absolute atomic E-state index is 9.20. The zero-order valence-corrected chi connectivity index (χ0v) is 7.34. The van der Waals surface area contributed by atoms with E-state index in [1.54, 1.807) is 0 Å². The minimum absolute atomic E-state index is 0.0813. The number of hydrogen-bond donors (Lipinski definition) is 2. The lowest BCUT2D eigenvalue weighted by atomic mass is 10.2. The Hall–Kier alpha value is -0.930. The summed E-state index contributed by atoms with van der Waals surface area (Å²) in [6.07, 6.45) is 1.02. The van der Waals surface area contributed by atoms with Crippen LogP contribution in [0.15, 0.2) is 17.3 Å². The SMILES string of the molecule is O/N=C/c1c(O)ccc(Cl)c1Cl. The van der Waals surface area contributed by atoms with Crippen LogP contribution in [0.1, 0.15) is 5.56 Å². The molecule has 0 aliphatic heterocycles. The van der Waals surface area contributed by atoms with Crippen molar-refractivity contribution in [1.82, 2.24) is 0 Å². The molecule has 0 atom stereocenters. The average molecular weight is 206 g/mol. The van der Waals surface area contributed by atoms with Crippen LogP contribution in [0, 0.1) is 0 Å². The van der Waals surface area contributed by atoms with Crippen LogP contribution < -0.4 is 0 Å². The molecule has 1 aromatic carbocycles. The maximum atomic E-state index is 9.20. The third-order valence-corrected chi connectivity index (χ3v) is 2.12. The Morgan fingerprint density at radius 1 is 1.33 bits per heavy atom. The fourth-order valence-corrected chi connectivity index (χ4v) is 1.11. The number of aromatic hydroxyl groups is 1. The minimum Gasteiger partial charge on any atom is -0.507 e. The van der Waals surface area contributed by atoms with Gasteiger partial charge in [0.05, 0.1) is 21.8 Å². The highest BCUT2D eigenvalue weighted by Crippen LogP contribution is 2.30. The predicted molar refractivity (Wildman–Crippen MR) is 47.5 cm³/mol. The molecule has 0 spiro atoms. The lowest BCUT2D eigenvalue weighted by Crippen LogP contribution is -1.85. The topological polar surface area (TPSA) is 52.8 Å². The van der Waals surface area contributed by atoms with Crippen LogP contribution in [-0.2, 0) is 0 Å². The Kier molecular flexibility index (Phi) is 2.78. The fourth-order valence-electron chi connectivity index (χ4n) is 0.737. The Balaban J connectivity index is 3.32. The van der Waals surface area contributed by atoms with Crippen molar-refractivity contribution < 1.29 is 10.3 Å². The fraction of sp³-hybridized carbons (Fsp3) is 0. The van der Waals surface area contributed by atoms with Gasteiger partial charge < -0.3 is 10.3 Å². The third-order valence-electron chi connectivity index (χ3n) is 1.30.